The van der Waals surface area contributed by atoms with Gasteiger partial charge in [0.2, 0.25) is 0 Å². The van der Waals surface area contributed by atoms with Gasteiger partial charge in [0.1, 0.15) is 6.61 Å². The van der Waals surface area contributed by atoms with E-state index in [0.717, 1.165) is 6.42 Å². The highest BCUT2D eigenvalue weighted by Gasteiger charge is 2.40. The quantitative estimate of drug-likeness (QED) is 0.673. The van der Waals surface area contributed by atoms with Crippen molar-refractivity contribution in [3.05, 3.63) is 35.4 Å². The third-order valence-electron chi connectivity index (χ3n) is 2.54. The van der Waals surface area contributed by atoms with Crippen LogP contribution in [0.4, 0.5) is 8.78 Å². The third kappa shape index (κ3) is 1.42. The largest absolute Gasteiger partial charge is 0.367 e. The number of halogens is 2. The SMILES string of the molecule is CCC1OCC(F)(F)c2ccccc21. The van der Waals surface area contributed by atoms with Gasteiger partial charge in [-0.3, -0.25) is 0 Å². The predicted octanol–water partition coefficient (Wildman–Crippen LogP) is 3.26. The van der Waals surface area contributed by atoms with Gasteiger partial charge in [-0.1, -0.05) is 31.2 Å². The number of fused-ring (bicyclic) bond motifs is 1. The molecule has 0 amide bonds. The molecule has 1 aromatic carbocycles. The standard InChI is InChI=1S/C11H12F2O/c1-2-10-8-5-3-4-6-9(8)11(12,13)7-14-10/h3-6,10H,2,7H2,1H3. The molecular formula is C11H12F2O. The number of hydrogen-bond acceptors (Lipinski definition) is 1. The maximum atomic E-state index is 13.4. The van der Waals surface area contributed by atoms with Crippen molar-refractivity contribution in [2.75, 3.05) is 6.61 Å². The maximum Gasteiger partial charge on any atom is 0.296 e. The molecule has 0 spiro atoms. The van der Waals surface area contributed by atoms with Gasteiger partial charge in [0.05, 0.1) is 6.10 Å². The average molecular weight is 198 g/mol. The summed E-state index contributed by atoms with van der Waals surface area (Å²) < 4.78 is 31.9. The number of benzene rings is 1. The van der Waals surface area contributed by atoms with Crippen LogP contribution in [0.3, 0.4) is 0 Å². The molecule has 0 saturated carbocycles. The molecule has 1 heterocycles. The van der Waals surface area contributed by atoms with Crippen molar-refractivity contribution in [3.8, 4) is 0 Å². The van der Waals surface area contributed by atoms with Crippen molar-refractivity contribution in [1.29, 1.82) is 0 Å². The summed E-state index contributed by atoms with van der Waals surface area (Å²) >= 11 is 0. The Bertz CT molecular complexity index is 336. The van der Waals surface area contributed by atoms with Gasteiger partial charge in [0.25, 0.3) is 5.92 Å². The first kappa shape index (κ1) is 9.59. The molecule has 0 N–H and O–H groups in total. The Morgan fingerprint density at radius 3 is 2.86 bits per heavy atom. The Hall–Kier alpha value is -0.960. The molecule has 14 heavy (non-hydrogen) atoms. The van der Waals surface area contributed by atoms with Crippen LogP contribution in [0.25, 0.3) is 0 Å². The molecule has 0 bridgehead atoms. The van der Waals surface area contributed by atoms with Crippen LogP contribution in [0.1, 0.15) is 30.6 Å². The normalized spacial score (nSPS) is 24.4. The van der Waals surface area contributed by atoms with E-state index in [2.05, 4.69) is 0 Å². The summed E-state index contributed by atoms with van der Waals surface area (Å²) in [5.41, 5.74) is 0.754. The van der Waals surface area contributed by atoms with Crippen molar-refractivity contribution >= 4 is 0 Å². The number of alkyl halides is 2. The van der Waals surface area contributed by atoms with Crippen molar-refractivity contribution in [2.45, 2.75) is 25.4 Å². The number of ether oxygens (including phenoxy) is 1. The minimum absolute atomic E-state index is 0.123. The van der Waals surface area contributed by atoms with E-state index in [9.17, 15) is 8.78 Å². The zero-order chi connectivity index (χ0) is 10.2. The Balaban J connectivity index is 2.49. The Morgan fingerprint density at radius 2 is 2.14 bits per heavy atom. The first-order chi connectivity index (χ1) is 6.65. The molecule has 0 saturated heterocycles. The fourth-order valence-electron chi connectivity index (χ4n) is 1.82. The monoisotopic (exact) mass is 198 g/mol. The molecule has 3 heteroatoms. The highest BCUT2D eigenvalue weighted by Crippen LogP contribution is 2.40. The van der Waals surface area contributed by atoms with Gasteiger partial charge in [0.15, 0.2) is 0 Å². The van der Waals surface area contributed by atoms with Crippen molar-refractivity contribution in [2.24, 2.45) is 0 Å². The van der Waals surface area contributed by atoms with Crippen molar-refractivity contribution in [1.82, 2.24) is 0 Å². The van der Waals surface area contributed by atoms with Gasteiger partial charge in [-0.2, -0.15) is 8.78 Å². The van der Waals surface area contributed by atoms with Gasteiger partial charge >= 0.3 is 0 Å². The minimum atomic E-state index is -2.83. The molecule has 1 unspecified atom stereocenters. The topological polar surface area (TPSA) is 9.23 Å². The lowest BCUT2D eigenvalue weighted by molar-refractivity contribution is -0.125. The number of rotatable bonds is 1. The van der Waals surface area contributed by atoms with Crippen LogP contribution in [0.2, 0.25) is 0 Å². The van der Waals surface area contributed by atoms with Gasteiger partial charge in [-0.05, 0) is 12.0 Å². The summed E-state index contributed by atoms with van der Waals surface area (Å²) in [6.07, 6.45) is 0.554. The van der Waals surface area contributed by atoms with Crippen LogP contribution < -0.4 is 0 Å². The summed E-state index contributed by atoms with van der Waals surface area (Å²) in [5, 5.41) is 0. The summed E-state index contributed by atoms with van der Waals surface area (Å²) in [6, 6.07) is 6.62. The van der Waals surface area contributed by atoms with Crippen LogP contribution in [0, 0.1) is 0 Å². The first-order valence-electron chi connectivity index (χ1n) is 4.74. The Labute approximate surface area is 81.7 Å². The second-order valence-electron chi connectivity index (χ2n) is 3.50. The molecule has 1 aliphatic rings. The molecular weight excluding hydrogens is 186 g/mol. The molecule has 1 nitrogen and oxygen atoms in total. The summed E-state index contributed by atoms with van der Waals surface area (Å²) in [5.74, 6) is -2.83. The van der Waals surface area contributed by atoms with Crippen LogP contribution in [0.15, 0.2) is 24.3 Å². The van der Waals surface area contributed by atoms with Crippen molar-refractivity contribution < 1.29 is 13.5 Å². The lowest BCUT2D eigenvalue weighted by atomic mass is 9.94. The highest BCUT2D eigenvalue weighted by atomic mass is 19.3. The Morgan fingerprint density at radius 1 is 1.43 bits per heavy atom. The zero-order valence-electron chi connectivity index (χ0n) is 7.97. The van der Waals surface area contributed by atoms with E-state index in [1.807, 2.05) is 6.92 Å². The third-order valence-corrected chi connectivity index (χ3v) is 2.54. The predicted molar refractivity (Wildman–Crippen MR) is 49.3 cm³/mol. The molecule has 0 aliphatic carbocycles. The fourth-order valence-corrected chi connectivity index (χ4v) is 1.82. The summed E-state index contributed by atoms with van der Waals surface area (Å²) in [4.78, 5) is 0. The van der Waals surface area contributed by atoms with E-state index < -0.39 is 12.5 Å². The fraction of sp³-hybridized carbons (Fsp3) is 0.455. The van der Waals surface area contributed by atoms with E-state index >= 15 is 0 Å². The molecule has 0 fully saturated rings. The van der Waals surface area contributed by atoms with Crippen LogP contribution in [-0.4, -0.2) is 6.61 Å². The molecule has 0 radical (unpaired) electrons. The zero-order valence-corrected chi connectivity index (χ0v) is 7.97. The van der Waals surface area contributed by atoms with Crippen molar-refractivity contribution in [3.63, 3.8) is 0 Å². The van der Waals surface area contributed by atoms with E-state index in [1.54, 1.807) is 18.2 Å². The van der Waals surface area contributed by atoms with Gasteiger partial charge in [0, 0.05) is 5.56 Å². The van der Waals surface area contributed by atoms with Crippen LogP contribution in [-0.2, 0) is 10.7 Å². The number of hydrogen-bond donors (Lipinski definition) is 0. The molecule has 1 atom stereocenters. The second-order valence-corrected chi connectivity index (χ2v) is 3.50. The molecule has 2 rings (SSSR count). The maximum absolute atomic E-state index is 13.4. The van der Waals surface area contributed by atoms with E-state index in [4.69, 9.17) is 4.74 Å². The van der Waals surface area contributed by atoms with Crippen LogP contribution >= 0.6 is 0 Å². The smallest absolute Gasteiger partial charge is 0.296 e. The first-order valence-corrected chi connectivity index (χ1v) is 4.74. The minimum Gasteiger partial charge on any atom is -0.367 e. The van der Waals surface area contributed by atoms with E-state index in [1.165, 1.54) is 6.07 Å². The summed E-state index contributed by atoms with van der Waals surface area (Å²) in [7, 11) is 0. The molecule has 1 aromatic rings. The summed E-state index contributed by atoms with van der Waals surface area (Å²) in [6.45, 7) is 1.44. The molecule has 0 aromatic heterocycles. The lowest BCUT2D eigenvalue weighted by Gasteiger charge is -2.30. The van der Waals surface area contributed by atoms with Crippen LogP contribution in [0.5, 0.6) is 0 Å². The van der Waals surface area contributed by atoms with E-state index in [-0.39, 0.29) is 11.7 Å². The molecule has 1 aliphatic heterocycles. The van der Waals surface area contributed by atoms with Gasteiger partial charge in [-0.25, -0.2) is 0 Å². The second kappa shape index (κ2) is 3.31. The Kier molecular flexibility index (Phi) is 2.27. The molecule has 76 valence electrons. The van der Waals surface area contributed by atoms with Gasteiger partial charge < -0.3 is 4.74 Å². The van der Waals surface area contributed by atoms with Gasteiger partial charge in [-0.15, -0.1) is 0 Å². The highest BCUT2D eigenvalue weighted by molar-refractivity contribution is 5.34. The average Bonchev–Trinajstić information content (AvgIpc) is 2.18. The van der Waals surface area contributed by atoms with E-state index in [0.29, 0.717) is 5.56 Å². The lowest BCUT2D eigenvalue weighted by Crippen LogP contribution is -2.30.